The molecule has 2 aromatic heterocycles. The van der Waals surface area contributed by atoms with Crippen LogP contribution in [-0.2, 0) is 24.1 Å². The van der Waals surface area contributed by atoms with Gasteiger partial charge in [-0.3, -0.25) is 9.78 Å². The van der Waals surface area contributed by atoms with Crippen molar-refractivity contribution in [2.24, 2.45) is 0 Å². The number of halogens is 2. The standard InChI is InChI=1S/C25H24ClFN4O4/c26-21-12-16(27)4-8-20(21)24(32)31-22(25(33)34)13-18-6-7-19(14-29-18)35-11-9-17-5-3-15-2-1-10-28-23(15)30-17/h3-8,12,14,22H,1-2,9-11,13H2,(H,28,30)(H,31,32)(H,33,34)/t22-/m0/s1. The van der Waals surface area contributed by atoms with Crippen LogP contribution in [0.4, 0.5) is 10.2 Å². The summed E-state index contributed by atoms with van der Waals surface area (Å²) in [5, 5.41) is 15.1. The van der Waals surface area contributed by atoms with Crippen LogP contribution in [0, 0.1) is 5.82 Å². The molecule has 0 unspecified atom stereocenters. The number of benzene rings is 1. The van der Waals surface area contributed by atoms with Gasteiger partial charge in [-0.15, -0.1) is 0 Å². The lowest BCUT2D eigenvalue weighted by Gasteiger charge is -2.17. The number of nitrogens with one attached hydrogen (secondary N) is 2. The van der Waals surface area contributed by atoms with Crippen LogP contribution in [0.5, 0.6) is 5.75 Å². The molecule has 3 N–H and O–H groups in total. The predicted octanol–water partition coefficient (Wildman–Crippen LogP) is 3.67. The van der Waals surface area contributed by atoms with E-state index in [1.807, 2.05) is 6.07 Å². The molecular formula is C25H24ClFN4O4. The second kappa shape index (κ2) is 11.1. The molecule has 10 heteroatoms. The largest absolute Gasteiger partial charge is 0.492 e. The van der Waals surface area contributed by atoms with Crippen molar-refractivity contribution < 1.29 is 23.8 Å². The number of carbonyl (C=O) groups excluding carboxylic acids is 1. The van der Waals surface area contributed by atoms with Crippen molar-refractivity contribution in [2.45, 2.75) is 31.7 Å². The first-order valence-electron chi connectivity index (χ1n) is 11.2. The average Bonchev–Trinajstić information content (AvgIpc) is 2.84. The zero-order valence-corrected chi connectivity index (χ0v) is 19.5. The summed E-state index contributed by atoms with van der Waals surface area (Å²) in [7, 11) is 0. The van der Waals surface area contributed by atoms with Gasteiger partial charge in [0.2, 0.25) is 0 Å². The van der Waals surface area contributed by atoms with E-state index in [2.05, 4.69) is 26.7 Å². The van der Waals surface area contributed by atoms with Crippen molar-refractivity contribution in [3.05, 3.63) is 82.0 Å². The van der Waals surface area contributed by atoms with Crippen LogP contribution in [0.3, 0.4) is 0 Å². The first-order valence-corrected chi connectivity index (χ1v) is 11.6. The Kier molecular flexibility index (Phi) is 7.77. The number of fused-ring (bicyclic) bond motifs is 1. The third kappa shape index (κ3) is 6.45. The number of carboxylic acids is 1. The zero-order chi connectivity index (χ0) is 24.8. The van der Waals surface area contributed by atoms with Gasteiger partial charge in [-0.25, -0.2) is 14.2 Å². The Labute approximate surface area is 206 Å². The molecule has 0 saturated heterocycles. The van der Waals surface area contributed by atoms with E-state index in [0.717, 1.165) is 43.0 Å². The highest BCUT2D eigenvalue weighted by molar-refractivity contribution is 6.33. The number of pyridine rings is 2. The van der Waals surface area contributed by atoms with Crippen molar-refractivity contribution in [2.75, 3.05) is 18.5 Å². The number of rotatable bonds is 9. The molecule has 3 aromatic rings. The van der Waals surface area contributed by atoms with Crippen LogP contribution in [0.2, 0.25) is 5.02 Å². The van der Waals surface area contributed by atoms with Gasteiger partial charge in [-0.2, -0.15) is 0 Å². The number of amides is 1. The van der Waals surface area contributed by atoms with Gasteiger partial charge in [-0.05, 0) is 54.8 Å². The van der Waals surface area contributed by atoms with Gasteiger partial charge in [0.25, 0.3) is 5.91 Å². The molecule has 35 heavy (non-hydrogen) atoms. The Hall–Kier alpha value is -3.72. The molecule has 182 valence electrons. The number of carboxylic acid groups (broad SMARTS) is 1. The van der Waals surface area contributed by atoms with Crippen molar-refractivity contribution in [3.63, 3.8) is 0 Å². The lowest BCUT2D eigenvalue weighted by Crippen LogP contribution is -2.42. The van der Waals surface area contributed by atoms with E-state index in [-0.39, 0.29) is 17.0 Å². The smallest absolute Gasteiger partial charge is 0.326 e. The summed E-state index contributed by atoms with van der Waals surface area (Å²) < 4.78 is 19.0. The minimum atomic E-state index is -1.24. The summed E-state index contributed by atoms with van der Waals surface area (Å²) in [5.41, 5.74) is 2.61. The molecule has 0 saturated carbocycles. The normalized spacial score (nSPS) is 13.3. The minimum absolute atomic E-state index is 0.0137. The molecule has 3 heterocycles. The fourth-order valence-electron chi connectivity index (χ4n) is 3.72. The Bertz CT molecular complexity index is 1220. The van der Waals surface area contributed by atoms with Crippen molar-refractivity contribution in [3.8, 4) is 5.75 Å². The van der Waals surface area contributed by atoms with Crippen molar-refractivity contribution >= 4 is 29.3 Å². The van der Waals surface area contributed by atoms with Crippen LogP contribution in [0.15, 0.2) is 48.7 Å². The predicted molar refractivity (Wildman–Crippen MR) is 128 cm³/mol. The molecule has 1 amide bonds. The SMILES string of the molecule is O=C(N[C@@H](Cc1ccc(OCCc2ccc3c(n2)NCCC3)cn1)C(=O)O)c1ccc(F)cc1Cl. The summed E-state index contributed by atoms with van der Waals surface area (Å²) in [6.07, 6.45) is 4.25. The third-order valence-electron chi connectivity index (χ3n) is 5.57. The van der Waals surface area contributed by atoms with Gasteiger partial charge in [0.1, 0.15) is 23.4 Å². The Morgan fingerprint density at radius 1 is 1.20 bits per heavy atom. The Balaban J connectivity index is 1.30. The van der Waals surface area contributed by atoms with Crippen LogP contribution >= 0.6 is 11.6 Å². The molecule has 1 atom stereocenters. The Morgan fingerprint density at radius 3 is 2.77 bits per heavy atom. The van der Waals surface area contributed by atoms with Gasteiger partial charge >= 0.3 is 5.97 Å². The molecule has 0 bridgehead atoms. The lowest BCUT2D eigenvalue weighted by molar-refractivity contribution is -0.139. The van der Waals surface area contributed by atoms with E-state index in [4.69, 9.17) is 16.3 Å². The van der Waals surface area contributed by atoms with Crippen molar-refractivity contribution in [1.82, 2.24) is 15.3 Å². The van der Waals surface area contributed by atoms with Crippen LogP contribution in [0.25, 0.3) is 0 Å². The number of carbonyl (C=O) groups is 2. The molecule has 0 radical (unpaired) electrons. The van der Waals surface area contributed by atoms with E-state index < -0.39 is 23.7 Å². The maximum absolute atomic E-state index is 13.2. The lowest BCUT2D eigenvalue weighted by atomic mass is 10.1. The van der Waals surface area contributed by atoms with E-state index >= 15 is 0 Å². The molecule has 0 fully saturated rings. The van der Waals surface area contributed by atoms with Gasteiger partial charge in [0.15, 0.2) is 0 Å². The summed E-state index contributed by atoms with van der Waals surface area (Å²) in [6.45, 7) is 1.35. The summed E-state index contributed by atoms with van der Waals surface area (Å²) in [5.74, 6) is -1.05. The molecule has 4 rings (SSSR count). The molecule has 8 nitrogen and oxygen atoms in total. The second-order valence-electron chi connectivity index (χ2n) is 8.12. The zero-order valence-electron chi connectivity index (χ0n) is 18.8. The number of aromatic nitrogens is 2. The maximum Gasteiger partial charge on any atom is 0.326 e. The highest BCUT2D eigenvalue weighted by Crippen LogP contribution is 2.20. The summed E-state index contributed by atoms with van der Waals surface area (Å²) in [4.78, 5) is 33.0. The summed E-state index contributed by atoms with van der Waals surface area (Å²) >= 11 is 5.90. The van der Waals surface area contributed by atoms with Gasteiger partial charge in [-0.1, -0.05) is 17.7 Å². The first kappa shape index (κ1) is 24.4. The molecule has 0 aliphatic carbocycles. The van der Waals surface area contributed by atoms with Crippen LogP contribution in [0.1, 0.15) is 33.7 Å². The maximum atomic E-state index is 13.2. The topological polar surface area (TPSA) is 113 Å². The fourth-order valence-corrected chi connectivity index (χ4v) is 3.97. The first-order chi connectivity index (χ1) is 16.9. The van der Waals surface area contributed by atoms with Crippen LogP contribution in [-0.4, -0.2) is 46.1 Å². The molecular weight excluding hydrogens is 475 g/mol. The van der Waals surface area contributed by atoms with Gasteiger partial charge < -0.3 is 20.5 Å². The number of ether oxygens (including phenoxy) is 1. The van der Waals surface area contributed by atoms with E-state index in [1.54, 1.807) is 12.1 Å². The third-order valence-corrected chi connectivity index (χ3v) is 5.88. The second-order valence-corrected chi connectivity index (χ2v) is 8.52. The highest BCUT2D eigenvalue weighted by atomic mass is 35.5. The van der Waals surface area contributed by atoms with Gasteiger partial charge in [0.05, 0.1) is 23.4 Å². The molecule has 1 aromatic carbocycles. The average molecular weight is 499 g/mol. The molecule has 1 aliphatic rings. The van der Waals surface area contributed by atoms with E-state index in [9.17, 15) is 19.1 Å². The van der Waals surface area contributed by atoms with Crippen molar-refractivity contribution in [1.29, 1.82) is 0 Å². The number of aryl methyl sites for hydroxylation is 1. The quantitative estimate of drug-likeness (QED) is 0.412. The monoisotopic (exact) mass is 498 g/mol. The van der Waals surface area contributed by atoms with E-state index in [0.29, 0.717) is 24.5 Å². The summed E-state index contributed by atoms with van der Waals surface area (Å²) in [6, 6.07) is 9.47. The number of anilines is 1. The number of hydrogen-bond donors (Lipinski definition) is 3. The number of hydrogen-bond acceptors (Lipinski definition) is 6. The Morgan fingerprint density at radius 2 is 2.03 bits per heavy atom. The number of nitrogens with zero attached hydrogens (tertiary/aromatic N) is 2. The molecule has 0 spiro atoms. The van der Waals surface area contributed by atoms with Gasteiger partial charge in [0, 0.05) is 30.8 Å². The highest BCUT2D eigenvalue weighted by Gasteiger charge is 2.23. The van der Waals surface area contributed by atoms with Crippen LogP contribution < -0.4 is 15.4 Å². The fraction of sp³-hybridized carbons (Fsp3) is 0.280. The molecule has 1 aliphatic heterocycles. The number of aliphatic carboxylic acids is 1. The van der Waals surface area contributed by atoms with E-state index in [1.165, 1.54) is 17.8 Å². The minimum Gasteiger partial charge on any atom is -0.492 e.